The van der Waals surface area contributed by atoms with Gasteiger partial charge in [-0.25, -0.2) is 4.79 Å². The zero-order chi connectivity index (χ0) is 12.8. The van der Waals surface area contributed by atoms with Crippen molar-refractivity contribution < 1.29 is 14.3 Å². The van der Waals surface area contributed by atoms with E-state index >= 15 is 0 Å². The molecule has 0 radical (unpaired) electrons. The summed E-state index contributed by atoms with van der Waals surface area (Å²) in [4.78, 5) is 12.1. The lowest BCUT2D eigenvalue weighted by Gasteiger charge is -2.37. The van der Waals surface area contributed by atoms with Crippen LogP contribution in [-0.2, 0) is 14.3 Å². The average molecular weight is 231 g/mol. The standard InChI is InChI=1S/C12H25NO3/c1-7-16-11(14)12(8-15-6,9(2)3)13-10(4)5/h9-10,13H,7-8H2,1-6H3. The number of rotatable bonds is 7. The lowest BCUT2D eigenvalue weighted by molar-refractivity contribution is -0.156. The van der Waals surface area contributed by atoms with Gasteiger partial charge in [-0.05, 0) is 26.7 Å². The molecule has 0 aliphatic rings. The van der Waals surface area contributed by atoms with E-state index in [4.69, 9.17) is 9.47 Å². The summed E-state index contributed by atoms with van der Waals surface area (Å²) in [6.07, 6.45) is 0. The van der Waals surface area contributed by atoms with Crippen LogP contribution >= 0.6 is 0 Å². The largest absolute Gasteiger partial charge is 0.465 e. The van der Waals surface area contributed by atoms with E-state index in [-0.39, 0.29) is 17.9 Å². The zero-order valence-electron chi connectivity index (χ0n) is 11.3. The minimum absolute atomic E-state index is 0.105. The molecule has 4 nitrogen and oxygen atoms in total. The molecule has 0 amide bonds. The second-order valence-electron chi connectivity index (χ2n) is 4.58. The van der Waals surface area contributed by atoms with Crippen molar-refractivity contribution in [2.75, 3.05) is 20.3 Å². The molecule has 0 aromatic rings. The van der Waals surface area contributed by atoms with E-state index in [1.165, 1.54) is 0 Å². The van der Waals surface area contributed by atoms with Crippen molar-refractivity contribution in [1.29, 1.82) is 0 Å². The lowest BCUT2D eigenvalue weighted by Crippen LogP contribution is -2.61. The van der Waals surface area contributed by atoms with Gasteiger partial charge in [-0.1, -0.05) is 13.8 Å². The van der Waals surface area contributed by atoms with Gasteiger partial charge in [0.2, 0.25) is 0 Å². The summed E-state index contributed by atoms with van der Waals surface area (Å²) in [5.41, 5.74) is -0.751. The number of carbonyl (C=O) groups excluding carboxylic acids is 1. The molecule has 0 aromatic carbocycles. The van der Waals surface area contributed by atoms with Gasteiger partial charge >= 0.3 is 5.97 Å². The molecule has 96 valence electrons. The van der Waals surface area contributed by atoms with Crippen LogP contribution in [0.1, 0.15) is 34.6 Å². The first-order valence-corrected chi connectivity index (χ1v) is 5.84. The molecule has 4 heteroatoms. The number of hydrogen-bond acceptors (Lipinski definition) is 4. The van der Waals surface area contributed by atoms with Gasteiger partial charge in [0.25, 0.3) is 0 Å². The van der Waals surface area contributed by atoms with Crippen LogP contribution < -0.4 is 5.32 Å². The molecule has 0 fully saturated rings. The van der Waals surface area contributed by atoms with Gasteiger partial charge in [-0.3, -0.25) is 5.32 Å². The molecule has 1 N–H and O–H groups in total. The molecule has 0 spiro atoms. The highest BCUT2D eigenvalue weighted by atomic mass is 16.5. The van der Waals surface area contributed by atoms with Gasteiger partial charge in [0.1, 0.15) is 5.54 Å². The van der Waals surface area contributed by atoms with Crippen LogP contribution in [0.5, 0.6) is 0 Å². The minimum Gasteiger partial charge on any atom is -0.465 e. The summed E-state index contributed by atoms with van der Waals surface area (Å²) in [5.74, 6) is -0.130. The molecule has 0 heterocycles. The minimum atomic E-state index is -0.751. The highest BCUT2D eigenvalue weighted by molar-refractivity contribution is 5.81. The van der Waals surface area contributed by atoms with E-state index in [9.17, 15) is 4.79 Å². The van der Waals surface area contributed by atoms with Crippen molar-refractivity contribution >= 4 is 5.97 Å². The number of nitrogens with one attached hydrogen (secondary N) is 1. The van der Waals surface area contributed by atoms with E-state index < -0.39 is 5.54 Å². The van der Waals surface area contributed by atoms with Gasteiger partial charge in [0, 0.05) is 13.2 Å². The van der Waals surface area contributed by atoms with Crippen LogP contribution in [0.15, 0.2) is 0 Å². The van der Waals surface area contributed by atoms with Crippen LogP contribution in [0.2, 0.25) is 0 Å². The van der Waals surface area contributed by atoms with Gasteiger partial charge in [0.05, 0.1) is 13.2 Å². The number of hydrogen-bond donors (Lipinski definition) is 1. The predicted octanol–water partition coefficient (Wildman–Crippen LogP) is 1.59. The Morgan fingerprint density at radius 1 is 1.31 bits per heavy atom. The molecule has 0 aliphatic carbocycles. The number of esters is 1. The smallest absolute Gasteiger partial charge is 0.329 e. The molecule has 1 unspecified atom stereocenters. The fourth-order valence-electron chi connectivity index (χ4n) is 1.73. The van der Waals surface area contributed by atoms with E-state index in [2.05, 4.69) is 5.32 Å². The zero-order valence-corrected chi connectivity index (χ0v) is 11.3. The second-order valence-corrected chi connectivity index (χ2v) is 4.58. The van der Waals surface area contributed by atoms with Gasteiger partial charge in [-0.2, -0.15) is 0 Å². The Kier molecular flexibility index (Phi) is 6.60. The Morgan fingerprint density at radius 2 is 1.88 bits per heavy atom. The van der Waals surface area contributed by atoms with Crippen molar-refractivity contribution in [2.24, 2.45) is 5.92 Å². The molecule has 0 aromatic heterocycles. The summed E-state index contributed by atoms with van der Waals surface area (Å²) < 4.78 is 10.3. The third-order valence-electron chi connectivity index (χ3n) is 2.54. The van der Waals surface area contributed by atoms with Crippen molar-refractivity contribution in [2.45, 2.75) is 46.2 Å². The lowest BCUT2D eigenvalue weighted by atomic mass is 9.86. The molecule has 0 saturated carbocycles. The number of methoxy groups -OCH3 is 1. The second kappa shape index (κ2) is 6.86. The number of ether oxygens (including phenoxy) is 2. The van der Waals surface area contributed by atoms with E-state index in [1.807, 2.05) is 34.6 Å². The van der Waals surface area contributed by atoms with Crippen molar-refractivity contribution in [3.05, 3.63) is 0 Å². The normalized spacial score (nSPS) is 15.2. The van der Waals surface area contributed by atoms with Crippen LogP contribution in [0.25, 0.3) is 0 Å². The van der Waals surface area contributed by atoms with Crippen molar-refractivity contribution in [3.8, 4) is 0 Å². The SMILES string of the molecule is CCOC(=O)C(COC)(NC(C)C)C(C)C. The Hall–Kier alpha value is -0.610. The highest BCUT2D eigenvalue weighted by Crippen LogP contribution is 2.20. The Labute approximate surface area is 98.7 Å². The fourth-order valence-corrected chi connectivity index (χ4v) is 1.73. The van der Waals surface area contributed by atoms with E-state index in [1.54, 1.807) is 7.11 Å². The van der Waals surface area contributed by atoms with Crippen molar-refractivity contribution in [1.82, 2.24) is 5.32 Å². The summed E-state index contributed by atoms with van der Waals surface area (Å²) in [6, 6.07) is 0.196. The number of carbonyl (C=O) groups is 1. The fraction of sp³-hybridized carbons (Fsp3) is 0.917. The van der Waals surface area contributed by atoms with Gasteiger partial charge < -0.3 is 9.47 Å². The molecule has 0 saturated heterocycles. The molecule has 0 aliphatic heterocycles. The van der Waals surface area contributed by atoms with E-state index in [0.29, 0.717) is 13.2 Å². The van der Waals surface area contributed by atoms with Crippen LogP contribution in [0.3, 0.4) is 0 Å². The van der Waals surface area contributed by atoms with Crippen LogP contribution in [-0.4, -0.2) is 37.9 Å². The third kappa shape index (κ3) is 3.76. The summed E-state index contributed by atoms with van der Waals surface area (Å²) in [6.45, 7) is 10.5. The first kappa shape index (κ1) is 15.4. The van der Waals surface area contributed by atoms with Crippen LogP contribution in [0.4, 0.5) is 0 Å². The molecular formula is C12H25NO3. The quantitative estimate of drug-likeness (QED) is 0.676. The highest BCUT2D eigenvalue weighted by Gasteiger charge is 2.43. The average Bonchev–Trinajstić information content (AvgIpc) is 2.16. The Morgan fingerprint density at radius 3 is 2.19 bits per heavy atom. The summed E-state index contributed by atoms with van der Waals surface area (Å²) >= 11 is 0. The van der Waals surface area contributed by atoms with Crippen LogP contribution in [0, 0.1) is 5.92 Å². The van der Waals surface area contributed by atoms with Gasteiger partial charge in [-0.15, -0.1) is 0 Å². The van der Waals surface area contributed by atoms with Crippen molar-refractivity contribution in [3.63, 3.8) is 0 Å². The van der Waals surface area contributed by atoms with E-state index in [0.717, 1.165) is 0 Å². The first-order chi connectivity index (χ1) is 7.40. The first-order valence-electron chi connectivity index (χ1n) is 5.84. The predicted molar refractivity (Wildman–Crippen MR) is 64.3 cm³/mol. The third-order valence-corrected chi connectivity index (χ3v) is 2.54. The molecule has 0 bridgehead atoms. The van der Waals surface area contributed by atoms with Gasteiger partial charge in [0.15, 0.2) is 0 Å². The maximum Gasteiger partial charge on any atom is 0.329 e. The summed E-state index contributed by atoms with van der Waals surface area (Å²) in [7, 11) is 1.60. The Balaban J connectivity index is 4.99. The molecule has 16 heavy (non-hydrogen) atoms. The topological polar surface area (TPSA) is 47.6 Å². The molecule has 1 atom stereocenters. The molecule has 0 rings (SSSR count). The maximum absolute atomic E-state index is 12.1. The summed E-state index contributed by atoms with van der Waals surface area (Å²) in [5, 5.41) is 3.28. The Bertz CT molecular complexity index is 216. The maximum atomic E-state index is 12.1. The monoisotopic (exact) mass is 231 g/mol. The molecular weight excluding hydrogens is 206 g/mol.